The molecule has 1 aromatic heterocycles. The smallest absolute Gasteiger partial charge is 0.343 e. The molecule has 8 nitrogen and oxygen atoms in total. The van der Waals surface area contributed by atoms with E-state index >= 15 is 4.39 Å². The van der Waals surface area contributed by atoms with Gasteiger partial charge in [0.05, 0.1) is 23.6 Å². The topological polar surface area (TPSA) is 90.0 Å². The maximum atomic E-state index is 15.1. The Hall–Kier alpha value is -2.65. The number of carbonyl (C=O) groups is 1. The summed E-state index contributed by atoms with van der Waals surface area (Å²) in [5.41, 5.74) is 0.187. The van der Waals surface area contributed by atoms with Crippen LogP contribution in [0, 0.1) is 5.82 Å². The van der Waals surface area contributed by atoms with Crippen LogP contribution in [0.3, 0.4) is 0 Å². The standard InChI is InChI=1S/C19H23FN4O4/c1-3-27-19(26)13-9-24-11(2)10-28-18-15(24)12(17(13)25)8-14(20)16(18)22-4-6-23(21)7-5-22/h8-9,11H,3-7,10,21H2,1-2H3. The van der Waals surface area contributed by atoms with E-state index in [1.54, 1.807) is 11.9 Å². The second kappa shape index (κ2) is 7.06. The van der Waals surface area contributed by atoms with Crippen molar-refractivity contribution in [2.75, 3.05) is 44.3 Å². The number of nitrogens with two attached hydrogens (primary N) is 1. The molecule has 1 atom stereocenters. The maximum absolute atomic E-state index is 15.1. The first-order valence-corrected chi connectivity index (χ1v) is 9.38. The van der Waals surface area contributed by atoms with E-state index in [9.17, 15) is 9.59 Å². The number of pyridine rings is 1. The number of hydrazine groups is 1. The van der Waals surface area contributed by atoms with Gasteiger partial charge < -0.3 is 18.9 Å². The lowest BCUT2D eigenvalue weighted by Crippen LogP contribution is -2.49. The molecule has 4 rings (SSSR count). The summed E-state index contributed by atoms with van der Waals surface area (Å²) in [4.78, 5) is 27.0. The summed E-state index contributed by atoms with van der Waals surface area (Å²) in [5, 5.41) is 1.80. The summed E-state index contributed by atoms with van der Waals surface area (Å²) in [6.45, 7) is 6.34. The first-order valence-electron chi connectivity index (χ1n) is 9.38. The van der Waals surface area contributed by atoms with Crippen LogP contribution in [0.4, 0.5) is 10.1 Å². The van der Waals surface area contributed by atoms with Gasteiger partial charge in [-0.15, -0.1) is 0 Å². The number of aromatic nitrogens is 1. The molecule has 0 spiro atoms. The number of rotatable bonds is 3. The third-order valence-corrected chi connectivity index (χ3v) is 5.27. The Morgan fingerprint density at radius 2 is 2.07 bits per heavy atom. The molecule has 1 saturated heterocycles. The minimum atomic E-state index is -0.707. The third kappa shape index (κ3) is 2.91. The molecule has 28 heavy (non-hydrogen) atoms. The highest BCUT2D eigenvalue weighted by atomic mass is 19.1. The van der Waals surface area contributed by atoms with Crippen LogP contribution >= 0.6 is 0 Å². The molecular formula is C19H23FN4O4. The summed E-state index contributed by atoms with van der Waals surface area (Å²) in [6, 6.07) is 1.08. The zero-order valence-corrected chi connectivity index (χ0v) is 15.9. The number of piperazine rings is 1. The van der Waals surface area contributed by atoms with Crippen LogP contribution in [-0.2, 0) is 4.74 Å². The van der Waals surface area contributed by atoms with Gasteiger partial charge in [-0.05, 0) is 19.9 Å². The van der Waals surface area contributed by atoms with Crippen molar-refractivity contribution < 1.29 is 18.7 Å². The van der Waals surface area contributed by atoms with Crippen molar-refractivity contribution >= 4 is 22.6 Å². The summed E-state index contributed by atoms with van der Waals surface area (Å²) in [5.74, 6) is 4.89. The second-order valence-corrected chi connectivity index (χ2v) is 7.11. The highest BCUT2D eigenvalue weighted by Gasteiger charge is 2.31. The van der Waals surface area contributed by atoms with Gasteiger partial charge in [0.25, 0.3) is 0 Å². The van der Waals surface area contributed by atoms with Crippen LogP contribution < -0.4 is 20.9 Å². The Bertz CT molecular complexity index is 998. The van der Waals surface area contributed by atoms with Crippen LogP contribution in [0.2, 0.25) is 0 Å². The van der Waals surface area contributed by atoms with Crippen LogP contribution in [0.25, 0.3) is 10.9 Å². The molecule has 2 aliphatic rings. The van der Waals surface area contributed by atoms with Gasteiger partial charge in [0.1, 0.15) is 17.9 Å². The maximum Gasteiger partial charge on any atom is 0.343 e. The van der Waals surface area contributed by atoms with Gasteiger partial charge in [-0.1, -0.05) is 0 Å². The molecule has 2 aliphatic heterocycles. The zero-order valence-electron chi connectivity index (χ0n) is 15.9. The number of halogens is 1. The molecular weight excluding hydrogens is 367 g/mol. The lowest BCUT2D eigenvalue weighted by atomic mass is 10.1. The fourth-order valence-electron chi connectivity index (χ4n) is 3.81. The zero-order chi connectivity index (χ0) is 20.0. The number of hydrogen-bond acceptors (Lipinski definition) is 7. The number of hydrogen-bond donors (Lipinski definition) is 1. The minimum absolute atomic E-state index is 0.0991. The van der Waals surface area contributed by atoms with Crippen LogP contribution in [0.1, 0.15) is 30.2 Å². The number of anilines is 1. The third-order valence-electron chi connectivity index (χ3n) is 5.27. The van der Waals surface area contributed by atoms with E-state index in [4.69, 9.17) is 15.3 Å². The van der Waals surface area contributed by atoms with Crippen LogP contribution in [0.5, 0.6) is 5.75 Å². The van der Waals surface area contributed by atoms with Crippen molar-refractivity contribution in [3.8, 4) is 5.75 Å². The Morgan fingerprint density at radius 1 is 1.36 bits per heavy atom. The van der Waals surface area contributed by atoms with E-state index in [1.807, 2.05) is 16.4 Å². The van der Waals surface area contributed by atoms with Crippen LogP contribution in [0.15, 0.2) is 17.1 Å². The molecule has 1 unspecified atom stereocenters. The summed E-state index contributed by atoms with van der Waals surface area (Å²) < 4.78 is 27.8. The van der Waals surface area contributed by atoms with E-state index in [0.717, 1.165) is 0 Å². The molecule has 1 fully saturated rings. The van der Waals surface area contributed by atoms with Crippen molar-refractivity contribution in [2.45, 2.75) is 19.9 Å². The fraction of sp³-hybridized carbons (Fsp3) is 0.474. The van der Waals surface area contributed by atoms with Crippen molar-refractivity contribution in [1.29, 1.82) is 0 Å². The predicted molar refractivity (Wildman–Crippen MR) is 102 cm³/mol. The molecule has 0 saturated carbocycles. The van der Waals surface area contributed by atoms with Crippen LogP contribution in [-0.4, -0.2) is 54.9 Å². The second-order valence-electron chi connectivity index (χ2n) is 7.11. The van der Waals surface area contributed by atoms with Crippen molar-refractivity contribution in [3.63, 3.8) is 0 Å². The lowest BCUT2D eigenvalue weighted by Gasteiger charge is -2.36. The summed E-state index contributed by atoms with van der Waals surface area (Å²) >= 11 is 0. The number of benzene rings is 1. The molecule has 0 bridgehead atoms. The molecule has 2 aromatic rings. The van der Waals surface area contributed by atoms with Gasteiger partial charge in [-0.3, -0.25) is 10.6 Å². The quantitative estimate of drug-likeness (QED) is 0.623. The van der Waals surface area contributed by atoms with Crippen molar-refractivity contribution in [3.05, 3.63) is 33.9 Å². The first kappa shape index (κ1) is 18.7. The van der Waals surface area contributed by atoms with E-state index in [2.05, 4.69) is 0 Å². The van der Waals surface area contributed by atoms with Crippen molar-refractivity contribution in [1.82, 2.24) is 9.58 Å². The van der Waals surface area contributed by atoms with Crippen molar-refractivity contribution in [2.24, 2.45) is 5.84 Å². The Balaban J connectivity index is 1.95. The minimum Gasteiger partial charge on any atom is -0.487 e. The van der Waals surface area contributed by atoms with Gasteiger partial charge >= 0.3 is 5.97 Å². The molecule has 0 radical (unpaired) electrons. The molecule has 3 heterocycles. The molecule has 2 N–H and O–H groups in total. The molecule has 9 heteroatoms. The number of nitrogens with zero attached hydrogens (tertiary/aromatic N) is 3. The van der Waals surface area contributed by atoms with Gasteiger partial charge in [0.15, 0.2) is 11.6 Å². The Labute approximate surface area is 161 Å². The van der Waals surface area contributed by atoms with Gasteiger partial charge in [0, 0.05) is 32.4 Å². The molecule has 150 valence electrons. The van der Waals surface area contributed by atoms with Gasteiger partial charge in [-0.2, -0.15) is 0 Å². The lowest BCUT2D eigenvalue weighted by molar-refractivity contribution is 0.0523. The average Bonchev–Trinajstić information content (AvgIpc) is 2.67. The van der Waals surface area contributed by atoms with E-state index in [1.165, 1.54) is 12.3 Å². The van der Waals surface area contributed by atoms with E-state index in [-0.39, 0.29) is 23.6 Å². The number of carbonyl (C=O) groups excluding carboxylic acids is 1. The van der Waals surface area contributed by atoms with Gasteiger partial charge in [-0.25, -0.2) is 14.2 Å². The largest absolute Gasteiger partial charge is 0.487 e. The molecule has 0 aliphatic carbocycles. The van der Waals surface area contributed by atoms with Gasteiger partial charge in [0.2, 0.25) is 5.43 Å². The highest BCUT2D eigenvalue weighted by molar-refractivity contribution is 5.98. The molecule has 1 aromatic carbocycles. The van der Waals surface area contributed by atoms with E-state index in [0.29, 0.717) is 49.7 Å². The average molecular weight is 390 g/mol. The number of esters is 1. The Kier molecular flexibility index (Phi) is 4.72. The summed E-state index contributed by atoms with van der Waals surface area (Å²) in [7, 11) is 0. The first-order chi connectivity index (χ1) is 13.4. The fourth-order valence-corrected chi connectivity index (χ4v) is 3.81. The SMILES string of the molecule is CCOC(=O)c1cn2c3c(c(N4CCN(N)CC4)c(F)cc3c1=O)OCC2C. The Morgan fingerprint density at radius 3 is 2.75 bits per heavy atom. The number of ether oxygens (including phenoxy) is 2. The molecule has 0 amide bonds. The predicted octanol–water partition coefficient (Wildman–Crippen LogP) is 1.27. The van der Waals surface area contributed by atoms with E-state index < -0.39 is 17.2 Å². The normalized spacial score (nSPS) is 19.6. The monoisotopic (exact) mass is 390 g/mol. The summed E-state index contributed by atoms with van der Waals surface area (Å²) in [6.07, 6.45) is 1.50. The highest BCUT2D eigenvalue weighted by Crippen LogP contribution is 2.42.